The van der Waals surface area contributed by atoms with E-state index in [-0.39, 0.29) is 18.0 Å². The van der Waals surface area contributed by atoms with Crippen molar-refractivity contribution in [3.05, 3.63) is 64.9 Å². The number of amides is 1. The van der Waals surface area contributed by atoms with Gasteiger partial charge in [0.15, 0.2) is 5.01 Å². The molecule has 0 saturated carbocycles. The third-order valence-corrected chi connectivity index (χ3v) is 4.92. The van der Waals surface area contributed by atoms with Gasteiger partial charge < -0.3 is 10.1 Å². The summed E-state index contributed by atoms with van der Waals surface area (Å²) in [5.41, 5.74) is 0.759. The second-order valence-electron chi connectivity index (χ2n) is 7.38. The molecule has 1 N–H and O–H groups in total. The second-order valence-corrected chi connectivity index (χ2v) is 8.41. The molecule has 1 atom stereocenters. The van der Waals surface area contributed by atoms with Crippen LogP contribution in [0.25, 0.3) is 10.2 Å². The zero-order valence-corrected chi connectivity index (χ0v) is 16.7. The normalized spacial score (nSPS) is 12.6. The lowest BCUT2D eigenvalue weighted by atomic mass is 10.0. The van der Waals surface area contributed by atoms with Gasteiger partial charge in [-0.1, -0.05) is 24.3 Å². The summed E-state index contributed by atoms with van der Waals surface area (Å²) in [5, 5.41) is 2.95. The molecule has 3 aromatic rings. The molecule has 146 valence electrons. The molecule has 0 unspecified atom stereocenters. The molecule has 1 amide bonds. The smallest absolute Gasteiger partial charge is 0.408 e. The number of nitrogens with zero attached hydrogens (tertiary/aromatic N) is 1. The van der Waals surface area contributed by atoms with Crippen molar-refractivity contribution in [1.29, 1.82) is 0 Å². The van der Waals surface area contributed by atoms with Gasteiger partial charge in [-0.05, 0) is 50.6 Å². The largest absolute Gasteiger partial charge is 0.444 e. The van der Waals surface area contributed by atoms with E-state index in [0.717, 1.165) is 15.8 Å². The number of benzene rings is 2. The Morgan fingerprint density at radius 2 is 1.82 bits per heavy atom. The van der Waals surface area contributed by atoms with Crippen LogP contribution in [0.1, 0.15) is 36.1 Å². The molecule has 0 saturated heterocycles. The minimum absolute atomic E-state index is 0.203. The van der Waals surface area contributed by atoms with Gasteiger partial charge in [0.2, 0.25) is 5.78 Å². The highest BCUT2D eigenvalue weighted by Crippen LogP contribution is 2.23. The van der Waals surface area contributed by atoms with Crippen molar-refractivity contribution in [2.75, 3.05) is 0 Å². The lowest BCUT2D eigenvalue weighted by Crippen LogP contribution is -2.44. The predicted octanol–water partition coefficient (Wildman–Crippen LogP) is 4.75. The van der Waals surface area contributed by atoms with Crippen molar-refractivity contribution in [2.24, 2.45) is 0 Å². The Balaban J connectivity index is 1.86. The van der Waals surface area contributed by atoms with Crippen LogP contribution in [0, 0.1) is 5.82 Å². The van der Waals surface area contributed by atoms with Crippen LogP contribution in [-0.4, -0.2) is 28.5 Å². The average molecular weight is 400 g/mol. The van der Waals surface area contributed by atoms with E-state index in [2.05, 4.69) is 10.3 Å². The van der Waals surface area contributed by atoms with Gasteiger partial charge in [-0.25, -0.2) is 14.2 Å². The van der Waals surface area contributed by atoms with E-state index < -0.39 is 17.7 Å². The van der Waals surface area contributed by atoms with E-state index in [1.54, 1.807) is 32.9 Å². The van der Waals surface area contributed by atoms with Gasteiger partial charge >= 0.3 is 6.09 Å². The minimum atomic E-state index is -0.874. The number of nitrogens with one attached hydrogen (secondary N) is 1. The number of ether oxygens (including phenoxy) is 1. The summed E-state index contributed by atoms with van der Waals surface area (Å²) < 4.78 is 19.4. The standard InChI is InChI=1S/C21H21FN2O3S/c1-21(2,3)27-20(26)24-16(12-13-8-10-14(22)11-9-13)18(25)19-23-15-6-4-5-7-17(15)28-19/h4-11,16H,12H2,1-3H3,(H,24,26)/t16-/m0/s1. The number of hydrogen-bond acceptors (Lipinski definition) is 5. The molecule has 28 heavy (non-hydrogen) atoms. The predicted molar refractivity (Wildman–Crippen MR) is 107 cm³/mol. The number of Topliss-reactive ketones (excluding diaryl/α,β-unsaturated/α-hetero) is 1. The molecule has 1 heterocycles. The van der Waals surface area contributed by atoms with Gasteiger partial charge in [-0.3, -0.25) is 4.79 Å². The fourth-order valence-corrected chi connectivity index (χ4v) is 3.60. The van der Waals surface area contributed by atoms with Crippen molar-refractivity contribution < 1.29 is 18.7 Å². The molecule has 0 aliphatic carbocycles. The van der Waals surface area contributed by atoms with Crippen LogP contribution in [0.5, 0.6) is 0 Å². The van der Waals surface area contributed by atoms with Gasteiger partial charge in [-0.2, -0.15) is 0 Å². The van der Waals surface area contributed by atoms with E-state index in [0.29, 0.717) is 5.01 Å². The summed E-state index contributed by atoms with van der Waals surface area (Å²) in [6.45, 7) is 5.24. The van der Waals surface area contributed by atoms with E-state index in [1.165, 1.54) is 23.5 Å². The molecule has 0 fully saturated rings. The van der Waals surface area contributed by atoms with E-state index >= 15 is 0 Å². The molecule has 3 rings (SSSR count). The van der Waals surface area contributed by atoms with Crippen LogP contribution in [0.3, 0.4) is 0 Å². The highest BCUT2D eigenvalue weighted by atomic mass is 32.1. The third kappa shape index (κ3) is 5.13. The Morgan fingerprint density at radius 3 is 2.46 bits per heavy atom. The second kappa shape index (κ2) is 8.06. The number of halogens is 1. The molecule has 0 spiro atoms. The molecule has 0 aliphatic rings. The number of hydrogen-bond donors (Lipinski definition) is 1. The Kier molecular flexibility index (Phi) is 5.74. The maximum atomic E-state index is 13.2. The van der Waals surface area contributed by atoms with Crippen molar-refractivity contribution in [3.63, 3.8) is 0 Å². The van der Waals surface area contributed by atoms with Crippen LogP contribution in [0.4, 0.5) is 9.18 Å². The number of aromatic nitrogens is 1. The number of carbonyl (C=O) groups excluding carboxylic acids is 2. The van der Waals surface area contributed by atoms with Gasteiger partial charge in [-0.15, -0.1) is 11.3 Å². The summed E-state index contributed by atoms with van der Waals surface area (Å²) in [6, 6.07) is 12.4. The molecular weight excluding hydrogens is 379 g/mol. The molecule has 7 heteroatoms. The first-order valence-corrected chi connectivity index (χ1v) is 9.67. The molecule has 0 radical (unpaired) electrons. The fraction of sp³-hybridized carbons (Fsp3) is 0.286. The SMILES string of the molecule is CC(C)(C)OC(=O)N[C@@H](Cc1ccc(F)cc1)C(=O)c1nc2ccccc2s1. The van der Waals surface area contributed by atoms with Crippen LogP contribution in [0.15, 0.2) is 48.5 Å². The maximum Gasteiger partial charge on any atom is 0.408 e. The lowest BCUT2D eigenvalue weighted by Gasteiger charge is -2.22. The summed E-state index contributed by atoms with van der Waals surface area (Å²) in [7, 11) is 0. The molecule has 1 aromatic heterocycles. The maximum absolute atomic E-state index is 13.2. The van der Waals surface area contributed by atoms with Crippen LogP contribution < -0.4 is 5.32 Å². The Bertz CT molecular complexity index is 960. The first kappa shape index (κ1) is 19.9. The van der Waals surface area contributed by atoms with Gasteiger partial charge in [0.25, 0.3) is 0 Å². The van der Waals surface area contributed by atoms with Gasteiger partial charge in [0.1, 0.15) is 17.5 Å². The topological polar surface area (TPSA) is 68.3 Å². The Morgan fingerprint density at radius 1 is 1.14 bits per heavy atom. The number of fused-ring (bicyclic) bond motifs is 1. The van der Waals surface area contributed by atoms with E-state index in [1.807, 2.05) is 24.3 Å². The van der Waals surface area contributed by atoms with Crippen molar-refractivity contribution >= 4 is 33.4 Å². The van der Waals surface area contributed by atoms with Crippen LogP contribution in [0.2, 0.25) is 0 Å². The van der Waals surface area contributed by atoms with Crippen LogP contribution >= 0.6 is 11.3 Å². The molecule has 0 bridgehead atoms. The summed E-state index contributed by atoms with van der Waals surface area (Å²) >= 11 is 1.27. The van der Waals surface area contributed by atoms with Crippen molar-refractivity contribution in [2.45, 2.75) is 38.8 Å². The van der Waals surface area contributed by atoms with E-state index in [4.69, 9.17) is 4.74 Å². The number of rotatable bonds is 5. The fourth-order valence-electron chi connectivity index (χ4n) is 2.64. The number of carbonyl (C=O) groups is 2. The Hall–Kier alpha value is -2.80. The summed E-state index contributed by atoms with van der Waals surface area (Å²) in [6.07, 6.45) is -0.483. The molecule has 5 nitrogen and oxygen atoms in total. The zero-order chi connectivity index (χ0) is 20.3. The molecule has 2 aromatic carbocycles. The van der Waals surface area contributed by atoms with Gasteiger partial charge in [0.05, 0.1) is 10.2 Å². The number of ketones is 1. The highest BCUT2D eigenvalue weighted by Gasteiger charge is 2.27. The summed E-state index contributed by atoms with van der Waals surface area (Å²) in [4.78, 5) is 29.7. The van der Waals surface area contributed by atoms with Crippen molar-refractivity contribution in [3.8, 4) is 0 Å². The van der Waals surface area contributed by atoms with E-state index in [9.17, 15) is 14.0 Å². The first-order chi connectivity index (χ1) is 13.2. The minimum Gasteiger partial charge on any atom is -0.444 e. The Labute approximate surface area is 166 Å². The number of para-hydroxylation sites is 1. The first-order valence-electron chi connectivity index (χ1n) is 8.85. The third-order valence-electron chi connectivity index (χ3n) is 3.87. The van der Waals surface area contributed by atoms with Crippen molar-refractivity contribution in [1.82, 2.24) is 10.3 Å². The monoisotopic (exact) mass is 400 g/mol. The number of thiazole rings is 1. The lowest BCUT2D eigenvalue weighted by molar-refractivity contribution is 0.0491. The molecule has 0 aliphatic heterocycles. The highest BCUT2D eigenvalue weighted by molar-refractivity contribution is 7.20. The summed E-state index contributed by atoms with van der Waals surface area (Å²) in [5.74, 6) is -0.672. The number of alkyl carbamates (subject to hydrolysis) is 1. The zero-order valence-electron chi connectivity index (χ0n) is 15.9. The van der Waals surface area contributed by atoms with Gasteiger partial charge in [0, 0.05) is 6.42 Å². The average Bonchev–Trinajstić information content (AvgIpc) is 3.05. The van der Waals surface area contributed by atoms with Crippen LogP contribution in [-0.2, 0) is 11.2 Å². The molecular formula is C21H21FN2O3S. The quantitative estimate of drug-likeness (QED) is 0.628.